The zero-order valence-corrected chi connectivity index (χ0v) is 26.2. The fraction of sp³-hybridized carbons (Fsp3) is 0.600. The molecule has 0 aromatic carbocycles. The first kappa shape index (κ1) is 40.4. The number of carbonyl (C=O) groups excluding carboxylic acids is 3. The summed E-state index contributed by atoms with van der Waals surface area (Å²) in [6.07, 6.45) is 2.49. The Labute approximate surface area is 248 Å². The lowest BCUT2D eigenvalue weighted by Crippen LogP contribution is -2.45. The van der Waals surface area contributed by atoms with Crippen LogP contribution in [-0.2, 0) is 14.4 Å². The molecule has 236 valence electrons. The summed E-state index contributed by atoms with van der Waals surface area (Å²) in [6.45, 7) is 18.5. The number of nitrogens with zero attached hydrogens (tertiary/aromatic N) is 4. The molecule has 0 bridgehead atoms. The molecular weight excluding hydrogens is 549 g/mol. The Morgan fingerprint density at radius 3 is 2.21 bits per heavy atom. The quantitative estimate of drug-likeness (QED) is 0.410. The lowest BCUT2D eigenvalue weighted by atomic mass is 10.1. The number of pyridine rings is 2. The number of amides is 3. The number of rotatable bonds is 5. The van der Waals surface area contributed by atoms with Gasteiger partial charge in [0.1, 0.15) is 6.04 Å². The number of halogens is 3. The van der Waals surface area contributed by atoms with Crippen molar-refractivity contribution in [2.24, 2.45) is 11.8 Å². The highest BCUT2D eigenvalue weighted by Gasteiger charge is 2.39. The second kappa shape index (κ2) is 21.9. The molecule has 42 heavy (non-hydrogen) atoms. The number of likely N-dealkylation sites (tertiary alicyclic amines) is 1. The third-order valence-electron chi connectivity index (χ3n) is 4.98. The molecule has 1 aliphatic rings. The highest BCUT2D eigenvalue weighted by Crippen LogP contribution is 2.22. The third-order valence-corrected chi connectivity index (χ3v) is 4.98. The molecule has 0 aliphatic carbocycles. The lowest BCUT2D eigenvalue weighted by Gasteiger charge is -2.21. The maximum Gasteiger partial charge on any atom is 0.471 e. The van der Waals surface area contributed by atoms with Crippen LogP contribution in [0.1, 0.15) is 86.8 Å². The van der Waals surface area contributed by atoms with E-state index in [1.165, 1.54) is 11.3 Å². The topological polar surface area (TPSA) is 128 Å². The summed E-state index contributed by atoms with van der Waals surface area (Å²) in [4.78, 5) is 42.2. The van der Waals surface area contributed by atoms with E-state index >= 15 is 0 Å². The van der Waals surface area contributed by atoms with Gasteiger partial charge in [-0.25, -0.2) is 0 Å². The van der Waals surface area contributed by atoms with E-state index in [0.29, 0.717) is 30.0 Å². The first-order valence-corrected chi connectivity index (χ1v) is 14.2. The monoisotopic (exact) mass is 596 g/mol. The maximum absolute atomic E-state index is 11.9. The normalized spacial score (nSPS) is 16.0. The van der Waals surface area contributed by atoms with Crippen LogP contribution in [0, 0.1) is 23.2 Å². The van der Waals surface area contributed by atoms with Crippen LogP contribution < -0.4 is 10.6 Å². The average molecular weight is 597 g/mol. The van der Waals surface area contributed by atoms with E-state index in [1.807, 2.05) is 39.8 Å². The SMILES string of the molecule is CC.CC(C)C.CC1CC(C)N(C(=O)CNC(=O)C(F)(F)F)C1.CCC.N#CC(NC=O)c1cncc2cccnc12. The molecule has 0 radical (unpaired) electrons. The number of nitriles is 1. The minimum absolute atomic E-state index is 0.0142. The summed E-state index contributed by atoms with van der Waals surface area (Å²) in [5.41, 5.74) is 1.28. The van der Waals surface area contributed by atoms with Crippen LogP contribution in [0.4, 0.5) is 13.2 Å². The largest absolute Gasteiger partial charge is 0.471 e. The van der Waals surface area contributed by atoms with Gasteiger partial charge in [-0.1, -0.05) is 61.8 Å². The summed E-state index contributed by atoms with van der Waals surface area (Å²) in [6, 6.07) is 4.93. The van der Waals surface area contributed by atoms with E-state index in [2.05, 4.69) is 49.9 Å². The standard InChI is InChI=1S/C11H8N4O.C10H15F3N2O2.C4H10.C3H8.C2H6/c12-4-10(15-7-16)9-6-13-5-8-2-1-3-14-11(8)9;1-6-3-7(2)15(5-6)8(16)4-14-9(17)10(11,12)13;1-4(2)3;1-3-2;1-2/h1-3,5-7,10H,(H,15,16);6-7H,3-5H2,1-2H3,(H,14,17);4H,1-3H3;3H2,1-2H3;1-2H3. The predicted molar refractivity (Wildman–Crippen MR) is 159 cm³/mol. The Kier molecular flexibility index (Phi) is 21.1. The first-order chi connectivity index (χ1) is 19.7. The molecule has 12 heteroatoms. The van der Waals surface area contributed by atoms with Crippen molar-refractivity contribution in [1.82, 2.24) is 25.5 Å². The Hall–Kier alpha value is -3.75. The van der Waals surface area contributed by atoms with E-state index in [1.54, 1.807) is 30.0 Å². The molecule has 3 amide bonds. The predicted octanol–water partition coefficient (Wildman–Crippen LogP) is 5.97. The fourth-order valence-corrected chi connectivity index (χ4v) is 3.50. The summed E-state index contributed by atoms with van der Waals surface area (Å²) >= 11 is 0. The van der Waals surface area contributed by atoms with E-state index in [0.717, 1.165) is 17.7 Å². The van der Waals surface area contributed by atoms with Gasteiger partial charge in [0.05, 0.1) is 18.1 Å². The van der Waals surface area contributed by atoms with E-state index in [9.17, 15) is 27.6 Å². The molecule has 3 rings (SSSR count). The van der Waals surface area contributed by atoms with Crippen LogP contribution in [-0.4, -0.2) is 58.4 Å². The molecule has 3 heterocycles. The molecule has 2 N–H and O–H groups in total. The van der Waals surface area contributed by atoms with Crippen molar-refractivity contribution in [3.05, 3.63) is 36.3 Å². The van der Waals surface area contributed by atoms with Crippen LogP contribution >= 0.6 is 0 Å². The van der Waals surface area contributed by atoms with Gasteiger partial charge in [0.25, 0.3) is 0 Å². The highest BCUT2D eigenvalue weighted by molar-refractivity contribution is 5.87. The van der Waals surface area contributed by atoms with Crippen LogP contribution in [0.2, 0.25) is 0 Å². The second-order valence-corrected chi connectivity index (χ2v) is 10.0. The molecule has 3 unspecified atom stereocenters. The fourth-order valence-electron chi connectivity index (χ4n) is 3.50. The van der Waals surface area contributed by atoms with Gasteiger partial charge < -0.3 is 15.5 Å². The van der Waals surface area contributed by atoms with Gasteiger partial charge in [0.15, 0.2) is 0 Å². The summed E-state index contributed by atoms with van der Waals surface area (Å²) in [5.74, 6) is -1.38. The van der Waals surface area contributed by atoms with Gasteiger partial charge in [-0.15, -0.1) is 0 Å². The van der Waals surface area contributed by atoms with E-state index in [4.69, 9.17) is 5.26 Å². The van der Waals surface area contributed by atoms with E-state index < -0.39 is 30.6 Å². The zero-order valence-electron chi connectivity index (χ0n) is 26.2. The minimum Gasteiger partial charge on any atom is -0.339 e. The van der Waals surface area contributed by atoms with Crippen molar-refractivity contribution in [2.75, 3.05) is 13.1 Å². The number of alkyl halides is 3. The van der Waals surface area contributed by atoms with Crippen LogP contribution in [0.15, 0.2) is 30.7 Å². The Balaban J connectivity index is 0. The van der Waals surface area contributed by atoms with Crippen LogP contribution in [0.5, 0.6) is 0 Å². The molecule has 2 aromatic heterocycles. The van der Waals surface area contributed by atoms with Crippen molar-refractivity contribution in [3.63, 3.8) is 0 Å². The van der Waals surface area contributed by atoms with Gasteiger partial charge >= 0.3 is 12.1 Å². The third kappa shape index (κ3) is 15.9. The molecule has 0 saturated carbocycles. The molecule has 9 nitrogen and oxygen atoms in total. The maximum atomic E-state index is 11.9. The molecule has 0 spiro atoms. The van der Waals surface area contributed by atoms with Gasteiger partial charge in [-0.05, 0) is 37.3 Å². The molecule has 1 saturated heterocycles. The number of aromatic nitrogens is 2. The molecule has 2 aromatic rings. The van der Waals surface area contributed by atoms with Crippen molar-refractivity contribution < 1.29 is 27.6 Å². The van der Waals surface area contributed by atoms with Gasteiger partial charge in [-0.2, -0.15) is 18.4 Å². The molecule has 3 atom stereocenters. The van der Waals surface area contributed by atoms with Gasteiger partial charge in [0.2, 0.25) is 12.3 Å². The average Bonchev–Trinajstić information content (AvgIpc) is 3.28. The van der Waals surface area contributed by atoms with Gasteiger partial charge in [0, 0.05) is 42.1 Å². The van der Waals surface area contributed by atoms with Crippen molar-refractivity contribution in [2.45, 2.75) is 93.4 Å². The van der Waals surface area contributed by atoms with Crippen LogP contribution in [0.3, 0.4) is 0 Å². The summed E-state index contributed by atoms with van der Waals surface area (Å²) < 4.78 is 35.6. The first-order valence-electron chi connectivity index (χ1n) is 14.2. The van der Waals surface area contributed by atoms with Gasteiger partial charge in [-0.3, -0.25) is 24.4 Å². The number of nitrogens with one attached hydrogen (secondary N) is 2. The van der Waals surface area contributed by atoms with Crippen LogP contribution in [0.25, 0.3) is 10.9 Å². The molecule has 1 aliphatic heterocycles. The number of hydrogen-bond donors (Lipinski definition) is 2. The summed E-state index contributed by atoms with van der Waals surface area (Å²) in [7, 11) is 0. The number of carbonyl (C=O) groups is 3. The molecular formula is C30H47F3N6O3. The smallest absolute Gasteiger partial charge is 0.339 e. The molecule has 1 fully saturated rings. The van der Waals surface area contributed by atoms with Crippen molar-refractivity contribution in [1.29, 1.82) is 5.26 Å². The Morgan fingerprint density at radius 1 is 1.19 bits per heavy atom. The number of hydrogen-bond acceptors (Lipinski definition) is 6. The van der Waals surface area contributed by atoms with E-state index in [-0.39, 0.29) is 6.04 Å². The Morgan fingerprint density at radius 2 is 1.76 bits per heavy atom. The van der Waals surface area contributed by atoms with Crippen molar-refractivity contribution in [3.8, 4) is 6.07 Å². The highest BCUT2D eigenvalue weighted by atomic mass is 19.4. The van der Waals surface area contributed by atoms with Crippen molar-refractivity contribution >= 4 is 29.1 Å². The Bertz CT molecular complexity index is 1100. The number of fused-ring (bicyclic) bond motifs is 1. The zero-order chi connectivity index (χ0) is 32.9. The second-order valence-electron chi connectivity index (χ2n) is 10.0. The lowest BCUT2D eigenvalue weighted by molar-refractivity contribution is -0.174. The summed E-state index contributed by atoms with van der Waals surface area (Å²) in [5, 5.41) is 13.8. The minimum atomic E-state index is -4.94.